The fourth-order valence-electron chi connectivity index (χ4n) is 3.48. The van der Waals surface area contributed by atoms with E-state index in [1.54, 1.807) is 6.92 Å². The van der Waals surface area contributed by atoms with Gasteiger partial charge in [-0.15, -0.1) is 0 Å². The summed E-state index contributed by atoms with van der Waals surface area (Å²) in [7, 11) is 0. The molecule has 1 spiro atoms. The highest BCUT2D eigenvalue weighted by Gasteiger charge is 2.50. The molecule has 0 radical (unpaired) electrons. The molecule has 128 valence electrons. The fraction of sp³-hybridized carbons (Fsp3) is 0.444. The van der Waals surface area contributed by atoms with E-state index in [0.717, 1.165) is 25.0 Å². The van der Waals surface area contributed by atoms with Gasteiger partial charge in [0.1, 0.15) is 17.2 Å². The smallest absolute Gasteiger partial charge is 0.335 e. The quantitative estimate of drug-likeness (QED) is 0.838. The number of carbonyl (C=O) groups is 2. The number of hydrogen-bond acceptors (Lipinski definition) is 3. The van der Waals surface area contributed by atoms with Crippen molar-refractivity contribution in [3.8, 4) is 0 Å². The van der Waals surface area contributed by atoms with Gasteiger partial charge in [-0.3, -0.25) is 4.79 Å². The molecular formula is C18H19F2NO3. The maximum atomic E-state index is 13.8. The Bertz CT molecular complexity index is 734. The van der Waals surface area contributed by atoms with Crippen LogP contribution in [0.5, 0.6) is 0 Å². The van der Waals surface area contributed by atoms with E-state index in [-0.39, 0.29) is 16.8 Å². The van der Waals surface area contributed by atoms with Gasteiger partial charge in [0, 0.05) is 11.6 Å². The lowest BCUT2D eigenvalue weighted by atomic mass is 9.75. The van der Waals surface area contributed by atoms with E-state index in [9.17, 15) is 18.4 Å². The lowest BCUT2D eigenvalue weighted by Crippen LogP contribution is -2.40. The highest BCUT2D eigenvalue weighted by Crippen LogP contribution is 2.45. The van der Waals surface area contributed by atoms with Gasteiger partial charge in [-0.1, -0.05) is 6.92 Å². The summed E-state index contributed by atoms with van der Waals surface area (Å²) in [5.41, 5.74) is -0.526. The molecule has 1 saturated carbocycles. The number of amides is 1. The number of halogens is 2. The van der Waals surface area contributed by atoms with Gasteiger partial charge < -0.3 is 10.1 Å². The molecule has 1 N–H and O–H groups in total. The predicted molar refractivity (Wildman–Crippen MR) is 84.1 cm³/mol. The Kier molecular flexibility index (Phi) is 4.15. The summed E-state index contributed by atoms with van der Waals surface area (Å²) in [6, 6.07) is 2.92. The van der Waals surface area contributed by atoms with Crippen molar-refractivity contribution in [2.75, 3.05) is 5.32 Å². The summed E-state index contributed by atoms with van der Waals surface area (Å²) in [5.74, 6) is -2.15. The Morgan fingerprint density at radius 2 is 1.96 bits per heavy atom. The molecule has 0 atom stereocenters. The van der Waals surface area contributed by atoms with Crippen LogP contribution >= 0.6 is 0 Å². The summed E-state index contributed by atoms with van der Waals surface area (Å²) in [5, 5.41) is 2.44. The third-order valence-electron chi connectivity index (χ3n) is 4.91. The van der Waals surface area contributed by atoms with Crippen LogP contribution in [0.4, 0.5) is 14.5 Å². The number of carbonyl (C=O) groups excluding carboxylic acids is 2. The minimum absolute atomic E-state index is 0.125. The van der Waals surface area contributed by atoms with Gasteiger partial charge in [-0.05, 0) is 50.7 Å². The van der Waals surface area contributed by atoms with Gasteiger partial charge in [0.15, 0.2) is 0 Å². The van der Waals surface area contributed by atoms with Crippen molar-refractivity contribution in [2.24, 2.45) is 5.92 Å². The zero-order chi connectivity index (χ0) is 17.5. The third kappa shape index (κ3) is 2.81. The van der Waals surface area contributed by atoms with Gasteiger partial charge in [0.2, 0.25) is 0 Å². The minimum Gasteiger partial charge on any atom is -0.451 e. The van der Waals surface area contributed by atoms with E-state index in [1.165, 1.54) is 0 Å². The average molecular weight is 335 g/mol. The number of ether oxygens (including phenoxy) is 1. The van der Waals surface area contributed by atoms with Crippen LogP contribution in [-0.2, 0) is 14.3 Å². The largest absolute Gasteiger partial charge is 0.451 e. The number of anilines is 1. The monoisotopic (exact) mass is 335 g/mol. The predicted octanol–water partition coefficient (Wildman–Crippen LogP) is 3.73. The number of benzene rings is 1. The second-order valence-corrected chi connectivity index (χ2v) is 6.64. The first kappa shape index (κ1) is 16.6. The Morgan fingerprint density at radius 3 is 2.58 bits per heavy atom. The van der Waals surface area contributed by atoms with E-state index >= 15 is 0 Å². The molecule has 1 aromatic rings. The van der Waals surface area contributed by atoms with E-state index < -0.39 is 29.1 Å². The summed E-state index contributed by atoms with van der Waals surface area (Å²) in [6.07, 6.45) is 2.85. The maximum Gasteiger partial charge on any atom is 0.335 e. The number of nitrogens with one attached hydrogen (secondary N) is 1. The second-order valence-electron chi connectivity index (χ2n) is 6.64. The number of hydrogen-bond donors (Lipinski definition) is 1. The van der Waals surface area contributed by atoms with Crippen LogP contribution < -0.4 is 5.32 Å². The summed E-state index contributed by atoms with van der Waals surface area (Å²) in [6.45, 7) is 3.67. The van der Waals surface area contributed by atoms with Crippen LogP contribution in [0.1, 0.15) is 39.5 Å². The van der Waals surface area contributed by atoms with Gasteiger partial charge in [0.05, 0.1) is 11.3 Å². The Hall–Kier alpha value is -2.24. The lowest BCUT2D eigenvalue weighted by molar-refractivity contribution is -0.150. The van der Waals surface area contributed by atoms with Crippen LogP contribution in [0, 0.1) is 17.6 Å². The van der Waals surface area contributed by atoms with Gasteiger partial charge in [-0.25, -0.2) is 13.6 Å². The highest BCUT2D eigenvalue weighted by atomic mass is 19.1. The minimum atomic E-state index is -0.922. The molecule has 1 amide bonds. The first-order valence-electron chi connectivity index (χ1n) is 8.03. The van der Waals surface area contributed by atoms with E-state index in [4.69, 9.17) is 4.74 Å². The fourth-order valence-corrected chi connectivity index (χ4v) is 3.48. The first-order valence-corrected chi connectivity index (χ1v) is 8.03. The summed E-state index contributed by atoms with van der Waals surface area (Å²) in [4.78, 5) is 24.7. The molecule has 1 aliphatic carbocycles. The zero-order valence-corrected chi connectivity index (χ0v) is 13.6. The Labute approximate surface area is 138 Å². The molecule has 4 nitrogen and oxygen atoms in total. The van der Waals surface area contributed by atoms with Gasteiger partial charge in [-0.2, -0.15) is 0 Å². The molecular weight excluding hydrogens is 316 g/mol. The Balaban J connectivity index is 1.90. The van der Waals surface area contributed by atoms with Crippen molar-refractivity contribution in [1.29, 1.82) is 0 Å². The molecule has 24 heavy (non-hydrogen) atoms. The molecule has 0 unspecified atom stereocenters. The lowest BCUT2D eigenvalue weighted by Gasteiger charge is -2.36. The SMILES string of the molecule is CC1=C(C(=O)Nc2ccc(F)cc2F)C2(CCC(C)CC2)OC1=O. The standard InChI is InChI=1S/C18H19F2NO3/c1-10-5-7-18(8-6-10)15(11(2)17(23)24-18)16(22)21-14-4-3-12(19)9-13(14)20/h3-4,9-10H,5-8H2,1-2H3,(H,21,22). The van der Waals surface area contributed by atoms with Crippen molar-refractivity contribution in [3.63, 3.8) is 0 Å². The maximum absolute atomic E-state index is 13.8. The second kappa shape index (κ2) is 6.00. The molecule has 6 heteroatoms. The van der Waals surface area contributed by atoms with E-state index in [2.05, 4.69) is 12.2 Å². The molecule has 0 saturated heterocycles. The topological polar surface area (TPSA) is 55.4 Å². The van der Waals surface area contributed by atoms with Crippen LogP contribution in [0.15, 0.2) is 29.3 Å². The molecule has 1 aromatic carbocycles. The Morgan fingerprint density at radius 1 is 1.29 bits per heavy atom. The average Bonchev–Trinajstić information content (AvgIpc) is 2.76. The van der Waals surface area contributed by atoms with Crippen molar-refractivity contribution < 1.29 is 23.1 Å². The van der Waals surface area contributed by atoms with Crippen molar-refractivity contribution in [3.05, 3.63) is 41.0 Å². The summed E-state index contributed by atoms with van der Waals surface area (Å²) < 4.78 is 32.3. The van der Waals surface area contributed by atoms with Crippen molar-refractivity contribution >= 4 is 17.6 Å². The van der Waals surface area contributed by atoms with Gasteiger partial charge >= 0.3 is 5.97 Å². The van der Waals surface area contributed by atoms with Crippen molar-refractivity contribution in [1.82, 2.24) is 0 Å². The van der Waals surface area contributed by atoms with Crippen molar-refractivity contribution in [2.45, 2.75) is 45.1 Å². The first-order chi connectivity index (χ1) is 11.3. The molecule has 0 bridgehead atoms. The molecule has 1 heterocycles. The highest BCUT2D eigenvalue weighted by molar-refractivity contribution is 6.12. The van der Waals surface area contributed by atoms with Crippen LogP contribution in [-0.4, -0.2) is 17.5 Å². The van der Waals surface area contributed by atoms with Crippen LogP contribution in [0.25, 0.3) is 0 Å². The molecule has 1 fully saturated rings. The van der Waals surface area contributed by atoms with Gasteiger partial charge in [0.25, 0.3) is 5.91 Å². The normalized spacial score (nSPS) is 26.7. The van der Waals surface area contributed by atoms with E-state index in [1.807, 2.05) is 0 Å². The molecule has 3 rings (SSSR count). The number of rotatable bonds is 2. The molecule has 1 aliphatic heterocycles. The number of esters is 1. The van der Waals surface area contributed by atoms with Crippen LogP contribution in [0.3, 0.4) is 0 Å². The van der Waals surface area contributed by atoms with Crippen LogP contribution in [0.2, 0.25) is 0 Å². The molecule has 2 aliphatic rings. The van der Waals surface area contributed by atoms with E-state index in [0.29, 0.717) is 24.8 Å². The summed E-state index contributed by atoms with van der Waals surface area (Å²) >= 11 is 0. The zero-order valence-electron chi connectivity index (χ0n) is 13.6. The third-order valence-corrected chi connectivity index (χ3v) is 4.91. The molecule has 0 aromatic heterocycles.